The second-order valence-corrected chi connectivity index (χ2v) is 13.2. The molecule has 3 N–H and O–H groups in total. The van der Waals surface area contributed by atoms with Gasteiger partial charge in [0.2, 0.25) is 5.91 Å². The molecule has 0 radical (unpaired) electrons. The summed E-state index contributed by atoms with van der Waals surface area (Å²) in [6, 6.07) is 8.55. The summed E-state index contributed by atoms with van der Waals surface area (Å²) in [7, 11) is 0. The number of hydrogen-bond donors (Lipinski definition) is 3. The Kier molecular flexibility index (Phi) is 11.3. The van der Waals surface area contributed by atoms with Gasteiger partial charge in [-0.3, -0.25) is 19.5 Å². The van der Waals surface area contributed by atoms with Crippen molar-refractivity contribution >= 4 is 23.7 Å². The normalized spacial score (nSPS) is 15.5. The molecule has 1 aliphatic heterocycles. The zero-order valence-electron chi connectivity index (χ0n) is 25.7. The molecule has 0 spiro atoms. The SMILES string of the molecule is CC(C)(C)C[C@@H](NC(=O)OC(C)(C)C)C(=O)Nc1ccc(-c2ccncc2)c(OCCC2CCN(CC(=O)O)CC2)c1. The Morgan fingerprint density at radius 3 is 2.31 bits per heavy atom. The lowest BCUT2D eigenvalue weighted by Crippen LogP contribution is -2.47. The fraction of sp³-hybridized carbons (Fsp3) is 0.562. The quantitative estimate of drug-likeness (QED) is 0.313. The fourth-order valence-electron chi connectivity index (χ4n) is 4.95. The Balaban J connectivity index is 1.72. The van der Waals surface area contributed by atoms with Gasteiger partial charge in [-0.25, -0.2) is 4.79 Å². The van der Waals surface area contributed by atoms with Crippen LogP contribution in [-0.4, -0.2) is 70.8 Å². The molecule has 1 aromatic heterocycles. The van der Waals surface area contributed by atoms with Crippen molar-refractivity contribution in [3.05, 3.63) is 42.7 Å². The average Bonchev–Trinajstić information content (AvgIpc) is 2.88. The molecule has 1 aliphatic rings. The highest BCUT2D eigenvalue weighted by atomic mass is 16.6. The van der Waals surface area contributed by atoms with Gasteiger partial charge in [0, 0.05) is 29.7 Å². The van der Waals surface area contributed by atoms with Gasteiger partial charge in [0.25, 0.3) is 0 Å². The molecule has 2 aromatic rings. The number of nitrogens with one attached hydrogen (secondary N) is 2. The number of anilines is 1. The number of likely N-dealkylation sites (tertiary alicyclic amines) is 1. The molecule has 2 heterocycles. The van der Waals surface area contributed by atoms with Gasteiger partial charge in [-0.15, -0.1) is 0 Å². The van der Waals surface area contributed by atoms with Crippen LogP contribution in [0.2, 0.25) is 0 Å². The van der Waals surface area contributed by atoms with E-state index in [1.54, 1.807) is 33.2 Å². The summed E-state index contributed by atoms with van der Waals surface area (Å²) >= 11 is 0. The van der Waals surface area contributed by atoms with Crippen LogP contribution in [0.3, 0.4) is 0 Å². The average molecular weight is 583 g/mol. The van der Waals surface area contributed by atoms with Gasteiger partial charge in [-0.05, 0) is 101 Å². The third-order valence-corrected chi connectivity index (χ3v) is 6.91. The van der Waals surface area contributed by atoms with E-state index < -0.39 is 23.7 Å². The van der Waals surface area contributed by atoms with Gasteiger partial charge in [0.05, 0.1) is 13.2 Å². The first kappa shape index (κ1) is 32.8. The van der Waals surface area contributed by atoms with Gasteiger partial charge >= 0.3 is 12.1 Å². The van der Waals surface area contributed by atoms with E-state index in [2.05, 4.69) is 15.6 Å². The smallest absolute Gasteiger partial charge is 0.408 e. The van der Waals surface area contributed by atoms with E-state index in [1.165, 1.54) is 0 Å². The van der Waals surface area contributed by atoms with Gasteiger partial charge in [0.1, 0.15) is 17.4 Å². The van der Waals surface area contributed by atoms with Crippen molar-refractivity contribution in [2.45, 2.75) is 78.9 Å². The first-order valence-electron chi connectivity index (χ1n) is 14.6. The molecular weight excluding hydrogens is 536 g/mol. The van der Waals surface area contributed by atoms with Crippen LogP contribution in [0.5, 0.6) is 5.75 Å². The molecule has 0 unspecified atom stereocenters. The number of nitrogens with zero attached hydrogens (tertiary/aromatic N) is 2. The van der Waals surface area contributed by atoms with E-state index in [9.17, 15) is 14.4 Å². The maximum Gasteiger partial charge on any atom is 0.408 e. The van der Waals surface area contributed by atoms with E-state index in [0.717, 1.165) is 43.5 Å². The van der Waals surface area contributed by atoms with E-state index in [1.807, 2.05) is 56.0 Å². The van der Waals surface area contributed by atoms with E-state index in [4.69, 9.17) is 14.6 Å². The summed E-state index contributed by atoms with van der Waals surface area (Å²) in [6.07, 6.45) is 5.94. The Hall–Kier alpha value is -3.66. The van der Waals surface area contributed by atoms with Crippen LogP contribution in [0, 0.1) is 11.3 Å². The molecule has 0 bridgehead atoms. The molecule has 42 heavy (non-hydrogen) atoms. The minimum Gasteiger partial charge on any atom is -0.493 e. The topological polar surface area (TPSA) is 130 Å². The number of hydrogen-bond acceptors (Lipinski definition) is 7. The Morgan fingerprint density at radius 2 is 1.71 bits per heavy atom. The molecule has 1 aromatic carbocycles. The number of aromatic nitrogens is 1. The number of carboxylic acid groups (broad SMARTS) is 1. The summed E-state index contributed by atoms with van der Waals surface area (Å²) in [6.45, 7) is 13.5. The molecule has 0 aliphatic carbocycles. The van der Waals surface area contributed by atoms with Crippen LogP contribution in [0.25, 0.3) is 11.1 Å². The molecule has 1 saturated heterocycles. The lowest BCUT2D eigenvalue weighted by molar-refractivity contribution is -0.138. The molecule has 1 atom stereocenters. The summed E-state index contributed by atoms with van der Waals surface area (Å²) in [5.41, 5.74) is 1.47. The second kappa shape index (κ2) is 14.5. The van der Waals surface area contributed by atoms with Gasteiger partial charge in [-0.1, -0.05) is 20.8 Å². The number of pyridine rings is 1. The number of benzene rings is 1. The number of ether oxygens (including phenoxy) is 2. The zero-order chi connectivity index (χ0) is 30.9. The summed E-state index contributed by atoms with van der Waals surface area (Å²) in [5.74, 6) is -0.0431. The highest BCUT2D eigenvalue weighted by molar-refractivity contribution is 5.97. The molecule has 10 heteroatoms. The number of carbonyl (C=O) groups is 3. The molecular formula is C32H46N4O6. The van der Waals surface area contributed by atoms with E-state index in [-0.39, 0.29) is 17.9 Å². The minimum atomic E-state index is -0.795. The van der Waals surface area contributed by atoms with E-state index >= 15 is 0 Å². The highest BCUT2D eigenvalue weighted by Crippen LogP contribution is 2.33. The van der Waals surface area contributed by atoms with Crippen LogP contribution in [0.1, 0.15) is 67.2 Å². The lowest BCUT2D eigenvalue weighted by Gasteiger charge is -2.30. The minimum absolute atomic E-state index is 0.0843. The predicted molar refractivity (Wildman–Crippen MR) is 162 cm³/mol. The lowest BCUT2D eigenvalue weighted by atomic mass is 9.87. The largest absolute Gasteiger partial charge is 0.493 e. The first-order chi connectivity index (χ1) is 19.7. The summed E-state index contributed by atoms with van der Waals surface area (Å²) < 4.78 is 11.7. The number of piperidine rings is 1. The number of rotatable bonds is 11. The summed E-state index contributed by atoms with van der Waals surface area (Å²) in [4.78, 5) is 43.0. The highest BCUT2D eigenvalue weighted by Gasteiger charge is 2.29. The van der Waals surface area contributed by atoms with Crippen LogP contribution in [-0.2, 0) is 14.3 Å². The van der Waals surface area contributed by atoms with Crippen molar-refractivity contribution in [3.63, 3.8) is 0 Å². The molecule has 230 valence electrons. The maximum absolute atomic E-state index is 13.4. The fourth-order valence-corrected chi connectivity index (χ4v) is 4.95. The van der Waals surface area contributed by atoms with Crippen molar-refractivity contribution < 1.29 is 29.0 Å². The van der Waals surface area contributed by atoms with Crippen molar-refractivity contribution in [2.75, 3.05) is 31.6 Å². The van der Waals surface area contributed by atoms with Crippen molar-refractivity contribution in [1.29, 1.82) is 0 Å². The molecule has 3 rings (SSSR count). The number of alkyl carbamates (subject to hydrolysis) is 1. The molecule has 10 nitrogen and oxygen atoms in total. The number of amides is 2. The van der Waals surface area contributed by atoms with Gasteiger partial charge in [0.15, 0.2) is 0 Å². The van der Waals surface area contributed by atoms with Crippen LogP contribution in [0.4, 0.5) is 10.5 Å². The molecule has 0 saturated carbocycles. The molecule has 2 amide bonds. The summed E-state index contributed by atoms with van der Waals surface area (Å²) in [5, 5.41) is 14.7. The van der Waals surface area contributed by atoms with Crippen LogP contribution < -0.4 is 15.4 Å². The molecule has 1 fully saturated rings. The standard InChI is InChI=1S/C32H46N4O6/c1-31(2,3)20-26(35-30(40)42-32(4,5)6)29(39)34-24-7-8-25(23-9-14-33-15-10-23)27(19-24)41-18-13-22-11-16-36(17-12-22)21-28(37)38/h7-10,14-15,19,22,26H,11-13,16-18,20-21H2,1-6H3,(H,34,39)(H,35,40)(H,37,38)/t26-/m1/s1. The Labute approximate surface area is 249 Å². The zero-order valence-corrected chi connectivity index (χ0v) is 25.7. The van der Waals surface area contributed by atoms with Crippen molar-refractivity contribution in [2.24, 2.45) is 11.3 Å². The van der Waals surface area contributed by atoms with Crippen LogP contribution >= 0.6 is 0 Å². The number of carbonyl (C=O) groups excluding carboxylic acids is 2. The first-order valence-corrected chi connectivity index (χ1v) is 14.6. The maximum atomic E-state index is 13.4. The second-order valence-electron chi connectivity index (χ2n) is 13.2. The predicted octanol–water partition coefficient (Wildman–Crippen LogP) is 5.58. The van der Waals surface area contributed by atoms with Gasteiger partial charge in [-0.2, -0.15) is 0 Å². The van der Waals surface area contributed by atoms with Gasteiger partial charge < -0.3 is 25.2 Å². The number of carboxylic acids is 1. The third kappa shape index (κ3) is 11.3. The third-order valence-electron chi connectivity index (χ3n) is 6.91. The van der Waals surface area contributed by atoms with Crippen molar-refractivity contribution in [1.82, 2.24) is 15.2 Å². The van der Waals surface area contributed by atoms with E-state index in [0.29, 0.717) is 30.4 Å². The van der Waals surface area contributed by atoms with Crippen molar-refractivity contribution in [3.8, 4) is 16.9 Å². The Morgan fingerprint density at radius 1 is 1.05 bits per heavy atom. The number of aliphatic carboxylic acids is 1. The Bertz CT molecular complexity index is 1200. The monoisotopic (exact) mass is 582 g/mol. The van der Waals surface area contributed by atoms with Crippen LogP contribution in [0.15, 0.2) is 42.7 Å².